The van der Waals surface area contributed by atoms with Crippen LogP contribution < -0.4 is 23.7 Å². The number of nitrogens with zero attached hydrogens (tertiary/aromatic N) is 2. The second-order valence-electron chi connectivity index (χ2n) is 9.40. The van der Waals surface area contributed by atoms with Crippen molar-refractivity contribution in [3.63, 3.8) is 0 Å². The number of anilines is 1. The normalized spacial score (nSPS) is 12.2. The van der Waals surface area contributed by atoms with Gasteiger partial charge in [0.1, 0.15) is 12.4 Å². The fourth-order valence-corrected chi connectivity index (χ4v) is 4.76. The summed E-state index contributed by atoms with van der Waals surface area (Å²) in [4.78, 5) is 8.54. The summed E-state index contributed by atoms with van der Waals surface area (Å²) in [5, 5.41) is 0. The molecule has 0 fully saturated rings. The van der Waals surface area contributed by atoms with Crippen molar-refractivity contribution in [2.24, 2.45) is 0 Å². The van der Waals surface area contributed by atoms with Crippen molar-refractivity contribution < 1.29 is 31.0 Å². The maximum atomic E-state index is 13.3. The van der Waals surface area contributed by atoms with Gasteiger partial charge in [-0.1, -0.05) is 45.0 Å². The Morgan fingerprint density at radius 3 is 2.13 bits per heavy atom. The van der Waals surface area contributed by atoms with Crippen molar-refractivity contribution in [3.8, 4) is 23.1 Å². The van der Waals surface area contributed by atoms with Crippen LogP contribution in [0, 0.1) is 6.92 Å². The van der Waals surface area contributed by atoms with E-state index < -0.39 is 20.0 Å². The monoisotopic (exact) mass is 564 g/mol. The Kier molecular flexibility index (Phi) is 8.85. The minimum Gasteiger partial charge on any atom is -0.493 e. The maximum Gasteiger partial charge on any atom is 0.263 e. The van der Waals surface area contributed by atoms with E-state index >= 15 is 0 Å². The van der Waals surface area contributed by atoms with Crippen LogP contribution in [0.15, 0.2) is 53.4 Å². The summed E-state index contributed by atoms with van der Waals surface area (Å²) in [6, 6.07) is 13.3. The van der Waals surface area contributed by atoms with Crippen molar-refractivity contribution in [2.45, 2.75) is 38.0 Å². The molecule has 0 aliphatic carbocycles. The number of hydrogen-bond acceptors (Lipinski definition) is 9. The zero-order chi connectivity index (χ0) is 28.1. The third-order valence-electron chi connectivity index (χ3n) is 5.19. The Morgan fingerprint density at radius 1 is 0.921 bits per heavy atom. The highest BCUT2D eigenvalue weighted by molar-refractivity contribution is 7.92. The van der Waals surface area contributed by atoms with Crippen molar-refractivity contribution in [1.29, 1.82) is 0 Å². The second-order valence-corrected chi connectivity index (χ2v) is 12.9. The van der Waals surface area contributed by atoms with Crippen LogP contribution >= 0.6 is 0 Å². The average molecular weight is 565 g/mol. The third kappa shape index (κ3) is 7.79. The highest BCUT2D eigenvalue weighted by Gasteiger charge is 2.25. The van der Waals surface area contributed by atoms with E-state index in [2.05, 4.69) is 19.4 Å². The van der Waals surface area contributed by atoms with E-state index in [1.807, 2.05) is 20.8 Å². The lowest BCUT2D eigenvalue weighted by Crippen LogP contribution is -2.27. The fourth-order valence-electron chi connectivity index (χ4n) is 3.30. The maximum absolute atomic E-state index is 13.3. The Labute approximate surface area is 223 Å². The first kappa shape index (κ1) is 29.1. The van der Waals surface area contributed by atoms with Crippen LogP contribution in [0.25, 0.3) is 0 Å². The van der Waals surface area contributed by atoms with E-state index in [1.165, 1.54) is 19.2 Å². The highest BCUT2D eigenvalue weighted by Crippen LogP contribution is 2.40. The molecule has 0 aliphatic heterocycles. The third-order valence-corrected chi connectivity index (χ3v) is 7.28. The van der Waals surface area contributed by atoms with Gasteiger partial charge in [0.15, 0.2) is 17.3 Å². The van der Waals surface area contributed by atoms with Crippen LogP contribution in [0.3, 0.4) is 0 Å². The van der Waals surface area contributed by atoms with E-state index in [1.54, 1.807) is 43.3 Å². The van der Waals surface area contributed by atoms with E-state index in [-0.39, 0.29) is 52.5 Å². The van der Waals surface area contributed by atoms with Crippen molar-refractivity contribution >= 4 is 25.9 Å². The zero-order valence-corrected chi connectivity index (χ0v) is 23.7. The Hall–Kier alpha value is -3.42. The number of methoxy groups -OCH3 is 1. The molecule has 1 aromatic heterocycles. The highest BCUT2D eigenvalue weighted by atomic mass is 32.2. The van der Waals surface area contributed by atoms with Crippen LogP contribution in [0.2, 0.25) is 0 Å². The van der Waals surface area contributed by atoms with Crippen LogP contribution in [-0.4, -0.2) is 53.3 Å². The predicted octanol–water partition coefficient (Wildman–Crippen LogP) is 3.61. The molecule has 3 aromatic rings. The van der Waals surface area contributed by atoms with Crippen molar-refractivity contribution in [1.82, 2.24) is 14.7 Å². The molecule has 0 aliphatic rings. The van der Waals surface area contributed by atoms with Gasteiger partial charge < -0.3 is 14.2 Å². The number of aromatic nitrogens is 2. The summed E-state index contributed by atoms with van der Waals surface area (Å²) in [6.07, 6.45) is 1.03. The van der Waals surface area contributed by atoms with E-state index in [0.717, 1.165) is 11.8 Å². The van der Waals surface area contributed by atoms with Gasteiger partial charge in [0, 0.05) is 6.54 Å². The van der Waals surface area contributed by atoms with Crippen LogP contribution in [0.5, 0.6) is 23.1 Å². The molecule has 2 N–H and O–H groups in total. The molecule has 38 heavy (non-hydrogen) atoms. The quantitative estimate of drug-likeness (QED) is 0.334. The SMILES string of the molecule is COc1ccccc1Oc1c(NS(=O)(=O)c2ccc(C(C)(C)C)cc2)nc(C)nc1OCCNS(C)(=O)=O. The van der Waals surface area contributed by atoms with Gasteiger partial charge in [-0.2, -0.15) is 4.98 Å². The van der Waals surface area contributed by atoms with Gasteiger partial charge in [0.2, 0.25) is 15.8 Å². The molecule has 0 spiro atoms. The largest absolute Gasteiger partial charge is 0.493 e. The molecule has 0 atom stereocenters. The molecule has 0 amide bonds. The smallest absolute Gasteiger partial charge is 0.263 e. The lowest BCUT2D eigenvalue weighted by atomic mass is 9.87. The molecule has 206 valence electrons. The average Bonchev–Trinajstić information content (AvgIpc) is 2.82. The number of ether oxygens (including phenoxy) is 3. The van der Waals surface area contributed by atoms with Gasteiger partial charge in [0.05, 0.1) is 18.3 Å². The summed E-state index contributed by atoms with van der Waals surface area (Å²) in [6.45, 7) is 7.51. The summed E-state index contributed by atoms with van der Waals surface area (Å²) in [5.74, 6) is 0.480. The Morgan fingerprint density at radius 2 is 1.55 bits per heavy atom. The van der Waals surface area contributed by atoms with Gasteiger partial charge in [-0.3, -0.25) is 4.72 Å². The second kappa shape index (κ2) is 11.5. The first-order valence-electron chi connectivity index (χ1n) is 11.6. The molecule has 13 heteroatoms. The topological polar surface area (TPSA) is 146 Å². The zero-order valence-electron chi connectivity index (χ0n) is 22.1. The number of rotatable bonds is 11. The number of nitrogens with one attached hydrogen (secondary N) is 2. The summed E-state index contributed by atoms with van der Waals surface area (Å²) in [5.41, 5.74) is 0.834. The number of sulfonamides is 2. The van der Waals surface area contributed by atoms with Gasteiger partial charge in [0.25, 0.3) is 15.9 Å². The number of aryl methyl sites for hydroxylation is 1. The Balaban J connectivity index is 2.01. The molecule has 0 saturated carbocycles. The first-order chi connectivity index (χ1) is 17.7. The van der Waals surface area contributed by atoms with Gasteiger partial charge in [-0.15, -0.1) is 0 Å². The Bertz CT molecular complexity index is 1490. The standard InChI is InChI=1S/C25H32N4O7S2/c1-17-27-23(29-38(32,33)19-13-11-18(12-14-19)25(2,3)4)22(36-21-10-8-7-9-20(21)34-5)24(28-17)35-16-15-26-37(6,30)31/h7-14,26H,15-16H2,1-6H3,(H,27,28,29). The summed E-state index contributed by atoms with van der Waals surface area (Å²) >= 11 is 0. The molecule has 2 aromatic carbocycles. The molecule has 1 heterocycles. The van der Waals surface area contributed by atoms with Crippen LogP contribution in [0.1, 0.15) is 32.2 Å². The summed E-state index contributed by atoms with van der Waals surface area (Å²) in [7, 11) is -6.05. The molecular weight excluding hydrogens is 532 g/mol. The van der Waals surface area contributed by atoms with E-state index in [4.69, 9.17) is 14.2 Å². The molecular formula is C25H32N4O7S2. The molecule has 0 bridgehead atoms. The minimum absolute atomic E-state index is 0.0322. The molecule has 11 nitrogen and oxygen atoms in total. The fraction of sp³-hybridized carbons (Fsp3) is 0.360. The molecule has 0 radical (unpaired) electrons. The summed E-state index contributed by atoms with van der Waals surface area (Å²) < 4.78 is 71.3. The van der Waals surface area contributed by atoms with Gasteiger partial charge in [-0.05, 0) is 42.2 Å². The van der Waals surface area contributed by atoms with Crippen LogP contribution in [-0.2, 0) is 25.5 Å². The first-order valence-corrected chi connectivity index (χ1v) is 15.0. The number of para-hydroxylation sites is 2. The lowest BCUT2D eigenvalue weighted by Gasteiger charge is -2.20. The van der Waals surface area contributed by atoms with Crippen molar-refractivity contribution in [2.75, 3.05) is 31.2 Å². The van der Waals surface area contributed by atoms with Gasteiger partial charge >= 0.3 is 0 Å². The molecule has 0 unspecified atom stereocenters. The predicted molar refractivity (Wildman–Crippen MR) is 144 cm³/mol. The van der Waals surface area contributed by atoms with Gasteiger partial charge in [-0.25, -0.2) is 26.5 Å². The van der Waals surface area contributed by atoms with E-state index in [0.29, 0.717) is 5.75 Å². The minimum atomic E-state index is -4.08. The van der Waals surface area contributed by atoms with E-state index in [9.17, 15) is 16.8 Å². The molecule has 0 saturated heterocycles. The number of hydrogen-bond donors (Lipinski definition) is 2. The number of benzene rings is 2. The van der Waals surface area contributed by atoms with Crippen molar-refractivity contribution in [3.05, 3.63) is 59.9 Å². The lowest BCUT2D eigenvalue weighted by molar-refractivity contribution is 0.291. The van der Waals surface area contributed by atoms with Crippen LogP contribution in [0.4, 0.5) is 5.82 Å². The molecule has 3 rings (SSSR count).